The van der Waals surface area contributed by atoms with Crippen LogP contribution in [0.25, 0.3) is 22.1 Å². The summed E-state index contributed by atoms with van der Waals surface area (Å²) in [5.41, 5.74) is 2.82. The first-order chi connectivity index (χ1) is 14.6. The molecule has 5 aromatic rings. The highest BCUT2D eigenvalue weighted by molar-refractivity contribution is 7.93. The van der Waals surface area contributed by atoms with E-state index in [4.69, 9.17) is 0 Å². The molecule has 2 heterocycles. The first-order valence-corrected chi connectivity index (χ1v) is 11.1. The molecule has 5 rings (SSSR count). The van der Waals surface area contributed by atoms with Crippen LogP contribution in [-0.4, -0.2) is 27.1 Å². The fraction of sp³-hybridized carbons (Fsp3) is 0. The lowest BCUT2D eigenvalue weighted by Gasteiger charge is -2.14. The van der Waals surface area contributed by atoms with Crippen LogP contribution in [-0.2, 0) is 10.0 Å². The second-order valence-electron chi connectivity index (χ2n) is 6.39. The Kier molecular flexibility index (Phi) is 4.49. The average Bonchev–Trinajstić information content (AvgIpc) is 3.23. The SMILES string of the molecule is O=S(=O)(Nc1nc2ccccc2nc1Nc1ccccc1)c1cccc2nsnc12. The van der Waals surface area contributed by atoms with Gasteiger partial charge in [0.1, 0.15) is 15.9 Å². The van der Waals surface area contributed by atoms with Crippen molar-refractivity contribution in [1.82, 2.24) is 18.7 Å². The van der Waals surface area contributed by atoms with E-state index in [0.29, 0.717) is 27.9 Å². The first kappa shape index (κ1) is 18.4. The average molecular weight is 435 g/mol. The molecule has 3 aromatic carbocycles. The Morgan fingerprint density at radius 3 is 2.13 bits per heavy atom. The molecule has 0 amide bonds. The minimum atomic E-state index is -3.98. The van der Waals surface area contributed by atoms with E-state index < -0.39 is 10.0 Å². The van der Waals surface area contributed by atoms with Crippen LogP contribution in [0.1, 0.15) is 0 Å². The Bertz CT molecular complexity index is 1470. The summed E-state index contributed by atoms with van der Waals surface area (Å²) < 4.78 is 37.2. The van der Waals surface area contributed by atoms with Gasteiger partial charge in [0.25, 0.3) is 10.0 Å². The van der Waals surface area contributed by atoms with Gasteiger partial charge in [-0.3, -0.25) is 4.72 Å². The van der Waals surface area contributed by atoms with Crippen molar-refractivity contribution in [2.75, 3.05) is 10.0 Å². The van der Waals surface area contributed by atoms with Gasteiger partial charge in [0.2, 0.25) is 0 Å². The third-order valence-corrected chi connectivity index (χ3v) is 6.29. The van der Waals surface area contributed by atoms with E-state index in [0.717, 1.165) is 17.4 Å². The molecule has 0 unspecified atom stereocenters. The van der Waals surface area contributed by atoms with Gasteiger partial charge in [-0.1, -0.05) is 36.4 Å². The van der Waals surface area contributed by atoms with Crippen molar-refractivity contribution in [3.63, 3.8) is 0 Å². The summed E-state index contributed by atoms with van der Waals surface area (Å²) in [4.78, 5) is 9.11. The maximum absolute atomic E-state index is 13.2. The van der Waals surface area contributed by atoms with Gasteiger partial charge in [0, 0.05) is 5.69 Å². The van der Waals surface area contributed by atoms with Crippen LogP contribution >= 0.6 is 11.7 Å². The summed E-state index contributed by atoms with van der Waals surface area (Å²) >= 11 is 0.964. The molecule has 2 aromatic heterocycles. The highest BCUT2D eigenvalue weighted by Gasteiger charge is 2.22. The minimum Gasteiger partial charge on any atom is -0.337 e. The molecule has 0 saturated carbocycles. The third kappa shape index (κ3) is 3.42. The number of fused-ring (bicyclic) bond motifs is 2. The summed E-state index contributed by atoms with van der Waals surface area (Å²) in [6, 6.07) is 21.5. The van der Waals surface area contributed by atoms with E-state index in [-0.39, 0.29) is 10.7 Å². The normalized spacial score (nSPS) is 11.6. The highest BCUT2D eigenvalue weighted by Crippen LogP contribution is 2.28. The highest BCUT2D eigenvalue weighted by atomic mass is 32.2. The van der Waals surface area contributed by atoms with Crippen LogP contribution in [0.5, 0.6) is 0 Å². The summed E-state index contributed by atoms with van der Waals surface area (Å²) in [7, 11) is -3.98. The molecule has 0 aliphatic carbocycles. The molecule has 0 radical (unpaired) electrons. The molecule has 0 aliphatic heterocycles. The van der Waals surface area contributed by atoms with E-state index in [2.05, 4.69) is 28.8 Å². The number of hydrogen-bond acceptors (Lipinski definition) is 8. The van der Waals surface area contributed by atoms with E-state index in [9.17, 15) is 8.42 Å². The topological polar surface area (TPSA) is 110 Å². The molecular weight excluding hydrogens is 420 g/mol. The summed E-state index contributed by atoms with van der Waals surface area (Å²) in [5.74, 6) is 0.393. The Morgan fingerprint density at radius 2 is 1.37 bits per heavy atom. The molecule has 0 fully saturated rings. The molecule has 0 aliphatic rings. The maximum Gasteiger partial charge on any atom is 0.265 e. The van der Waals surface area contributed by atoms with Crippen molar-refractivity contribution >= 4 is 61.1 Å². The van der Waals surface area contributed by atoms with Crippen molar-refractivity contribution in [3.05, 3.63) is 72.8 Å². The molecule has 2 N–H and O–H groups in total. The van der Waals surface area contributed by atoms with Crippen LogP contribution in [0, 0.1) is 0 Å². The lowest BCUT2D eigenvalue weighted by molar-refractivity contribution is 0.602. The Balaban J connectivity index is 1.62. The van der Waals surface area contributed by atoms with Crippen molar-refractivity contribution in [2.24, 2.45) is 0 Å². The molecule has 0 atom stereocenters. The monoisotopic (exact) mass is 434 g/mol. The van der Waals surface area contributed by atoms with Crippen LogP contribution in [0.3, 0.4) is 0 Å². The predicted molar refractivity (Wildman–Crippen MR) is 117 cm³/mol. The number of anilines is 3. The van der Waals surface area contributed by atoms with Gasteiger partial charge in [0.15, 0.2) is 11.6 Å². The van der Waals surface area contributed by atoms with Gasteiger partial charge in [-0.15, -0.1) is 0 Å². The number of nitrogens with one attached hydrogen (secondary N) is 2. The van der Waals surface area contributed by atoms with E-state index in [1.165, 1.54) is 6.07 Å². The van der Waals surface area contributed by atoms with E-state index in [1.807, 2.05) is 48.5 Å². The van der Waals surface area contributed by atoms with Gasteiger partial charge >= 0.3 is 0 Å². The lowest BCUT2D eigenvalue weighted by atomic mass is 10.3. The molecule has 10 heteroatoms. The molecule has 0 bridgehead atoms. The standard InChI is InChI=1S/C20H14N6O2S2/c27-30(28,17-12-6-11-16-18(17)25-29-24-16)26-20-19(21-13-7-2-1-3-8-13)22-14-9-4-5-10-15(14)23-20/h1-12H,(H,21,22)(H,23,26). The number of hydrogen-bond donors (Lipinski definition) is 2. The van der Waals surface area contributed by atoms with Crippen molar-refractivity contribution in [1.29, 1.82) is 0 Å². The first-order valence-electron chi connectivity index (χ1n) is 8.93. The summed E-state index contributed by atoms with van der Waals surface area (Å²) in [5, 5.41) is 3.14. The van der Waals surface area contributed by atoms with E-state index in [1.54, 1.807) is 18.2 Å². The van der Waals surface area contributed by atoms with Crippen molar-refractivity contribution < 1.29 is 8.42 Å². The smallest absolute Gasteiger partial charge is 0.265 e. The van der Waals surface area contributed by atoms with Gasteiger partial charge in [-0.25, -0.2) is 18.4 Å². The van der Waals surface area contributed by atoms with Crippen LogP contribution < -0.4 is 10.0 Å². The zero-order chi connectivity index (χ0) is 20.6. The third-order valence-electron chi connectivity index (χ3n) is 4.38. The Hall–Kier alpha value is -3.63. The predicted octanol–water partition coefficient (Wildman–Crippen LogP) is 4.18. The molecule has 0 spiro atoms. The summed E-state index contributed by atoms with van der Waals surface area (Å²) in [6.45, 7) is 0. The van der Waals surface area contributed by atoms with Gasteiger partial charge < -0.3 is 5.32 Å². The largest absolute Gasteiger partial charge is 0.337 e. The summed E-state index contributed by atoms with van der Waals surface area (Å²) in [6.07, 6.45) is 0. The molecule has 30 heavy (non-hydrogen) atoms. The molecule has 148 valence electrons. The number of benzene rings is 3. The van der Waals surface area contributed by atoms with Crippen molar-refractivity contribution in [2.45, 2.75) is 4.90 Å². The van der Waals surface area contributed by atoms with Crippen LogP contribution in [0.4, 0.5) is 17.3 Å². The molecule has 0 saturated heterocycles. The van der Waals surface area contributed by atoms with Gasteiger partial charge in [-0.2, -0.15) is 8.75 Å². The van der Waals surface area contributed by atoms with Gasteiger partial charge in [0.05, 0.1) is 22.8 Å². The number of para-hydroxylation sites is 3. The zero-order valence-electron chi connectivity index (χ0n) is 15.4. The fourth-order valence-corrected chi connectivity index (χ4v) is 4.77. The Morgan fingerprint density at radius 1 is 0.700 bits per heavy atom. The zero-order valence-corrected chi connectivity index (χ0v) is 17.0. The number of rotatable bonds is 5. The van der Waals surface area contributed by atoms with Gasteiger partial charge in [-0.05, 0) is 36.4 Å². The van der Waals surface area contributed by atoms with Crippen LogP contribution in [0.15, 0.2) is 77.7 Å². The fourth-order valence-electron chi connectivity index (χ4n) is 3.00. The number of aromatic nitrogens is 4. The Labute approximate surface area is 176 Å². The number of nitrogens with zero attached hydrogens (tertiary/aromatic N) is 4. The molecular formula is C20H14N6O2S2. The minimum absolute atomic E-state index is 0.0365. The second-order valence-corrected chi connectivity index (χ2v) is 8.57. The number of sulfonamides is 1. The maximum atomic E-state index is 13.2. The lowest BCUT2D eigenvalue weighted by Crippen LogP contribution is -2.16. The van der Waals surface area contributed by atoms with Crippen LogP contribution in [0.2, 0.25) is 0 Å². The second kappa shape index (κ2) is 7.32. The molecule has 8 nitrogen and oxygen atoms in total. The van der Waals surface area contributed by atoms with Crippen molar-refractivity contribution in [3.8, 4) is 0 Å². The quantitative estimate of drug-likeness (QED) is 0.427. The van der Waals surface area contributed by atoms with E-state index >= 15 is 0 Å².